The molecule has 0 aromatic heterocycles. The molecule has 1 saturated carbocycles. The Balaban J connectivity index is 2.06. The predicted molar refractivity (Wildman–Crippen MR) is 51.2 cm³/mol. The molecule has 0 atom stereocenters. The van der Waals surface area contributed by atoms with Gasteiger partial charge in [-0.25, -0.2) is 4.79 Å². The predicted octanol–water partition coefficient (Wildman–Crippen LogP) is 1.58. The molecule has 0 unspecified atom stereocenters. The number of rotatable bonds is 6. The molecule has 3 N–H and O–H groups in total. The Hall–Kier alpha value is -0.980. The van der Waals surface area contributed by atoms with Crippen LogP contribution in [0.25, 0.3) is 0 Å². The van der Waals surface area contributed by atoms with Crippen molar-refractivity contribution in [2.75, 3.05) is 19.6 Å². The van der Waals surface area contributed by atoms with E-state index in [1.807, 2.05) is 0 Å². The summed E-state index contributed by atoms with van der Waals surface area (Å²) in [6.07, 6.45) is -4.73. The summed E-state index contributed by atoms with van der Waals surface area (Å²) in [5, 5.41) is 13.1. The van der Waals surface area contributed by atoms with Crippen LogP contribution in [0.3, 0.4) is 0 Å². The Bertz CT molecular complexity index is 252. The third-order valence-corrected chi connectivity index (χ3v) is 2.81. The molecule has 7 heteroatoms. The van der Waals surface area contributed by atoms with Gasteiger partial charge >= 0.3 is 12.3 Å². The maximum atomic E-state index is 12.5. The summed E-state index contributed by atoms with van der Waals surface area (Å²) in [5.74, 6) is 0. The Morgan fingerprint density at radius 3 is 2.31 bits per heavy atom. The van der Waals surface area contributed by atoms with Crippen molar-refractivity contribution in [2.24, 2.45) is 5.41 Å². The summed E-state index contributed by atoms with van der Waals surface area (Å²) < 4.78 is 37.4. The van der Waals surface area contributed by atoms with Gasteiger partial charge in [0.05, 0.1) is 5.41 Å². The topological polar surface area (TPSA) is 61.4 Å². The van der Waals surface area contributed by atoms with Crippen molar-refractivity contribution in [3.8, 4) is 0 Å². The van der Waals surface area contributed by atoms with Crippen LogP contribution in [0.15, 0.2) is 0 Å². The second-order valence-electron chi connectivity index (χ2n) is 4.01. The van der Waals surface area contributed by atoms with Crippen molar-refractivity contribution in [3.63, 3.8) is 0 Å². The number of carbonyl (C=O) groups is 1. The fourth-order valence-corrected chi connectivity index (χ4v) is 1.54. The van der Waals surface area contributed by atoms with E-state index in [0.717, 1.165) is 0 Å². The van der Waals surface area contributed by atoms with Gasteiger partial charge in [-0.05, 0) is 25.8 Å². The van der Waals surface area contributed by atoms with Crippen LogP contribution in [0.5, 0.6) is 0 Å². The molecule has 0 aromatic rings. The molecule has 16 heavy (non-hydrogen) atoms. The van der Waals surface area contributed by atoms with E-state index in [1.165, 1.54) is 0 Å². The van der Waals surface area contributed by atoms with Crippen LogP contribution in [0.2, 0.25) is 0 Å². The van der Waals surface area contributed by atoms with Crippen LogP contribution < -0.4 is 10.6 Å². The first kappa shape index (κ1) is 13.1. The number of hydrogen-bond donors (Lipinski definition) is 3. The van der Waals surface area contributed by atoms with E-state index in [2.05, 4.69) is 10.6 Å². The minimum absolute atomic E-state index is 0.0730. The number of alkyl halides is 3. The second kappa shape index (κ2) is 4.90. The lowest BCUT2D eigenvalue weighted by Gasteiger charge is -2.19. The van der Waals surface area contributed by atoms with E-state index in [9.17, 15) is 18.0 Å². The van der Waals surface area contributed by atoms with Crippen molar-refractivity contribution in [1.29, 1.82) is 0 Å². The zero-order chi connectivity index (χ0) is 12.2. The van der Waals surface area contributed by atoms with E-state index in [0.29, 0.717) is 6.54 Å². The van der Waals surface area contributed by atoms with Gasteiger partial charge in [0.2, 0.25) is 0 Å². The molecule has 0 bridgehead atoms. The van der Waals surface area contributed by atoms with Crippen molar-refractivity contribution in [2.45, 2.75) is 25.4 Å². The quantitative estimate of drug-likeness (QED) is 0.618. The average Bonchev–Trinajstić information content (AvgIpc) is 2.90. The van der Waals surface area contributed by atoms with E-state index < -0.39 is 17.7 Å². The van der Waals surface area contributed by atoms with Crippen LogP contribution in [0.1, 0.15) is 19.3 Å². The Morgan fingerprint density at radius 1 is 1.25 bits per heavy atom. The highest BCUT2D eigenvalue weighted by Crippen LogP contribution is 2.59. The maximum Gasteiger partial charge on any atom is 0.404 e. The normalized spacial score (nSPS) is 18.2. The van der Waals surface area contributed by atoms with Crippen LogP contribution in [-0.4, -0.2) is 37.0 Å². The lowest BCUT2D eigenvalue weighted by Crippen LogP contribution is -2.33. The summed E-state index contributed by atoms with van der Waals surface area (Å²) in [7, 11) is 0. The zero-order valence-electron chi connectivity index (χ0n) is 8.73. The van der Waals surface area contributed by atoms with Crippen LogP contribution >= 0.6 is 0 Å². The minimum Gasteiger partial charge on any atom is -0.465 e. The third-order valence-electron chi connectivity index (χ3n) is 2.81. The zero-order valence-corrected chi connectivity index (χ0v) is 8.73. The Morgan fingerprint density at radius 2 is 1.88 bits per heavy atom. The van der Waals surface area contributed by atoms with Crippen molar-refractivity contribution >= 4 is 6.09 Å². The molecule has 1 aliphatic rings. The van der Waals surface area contributed by atoms with Gasteiger partial charge < -0.3 is 15.7 Å². The van der Waals surface area contributed by atoms with Crippen molar-refractivity contribution in [1.82, 2.24) is 10.6 Å². The van der Waals surface area contributed by atoms with E-state index >= 15 is 0 Å². The number of nitrogens with one attached hydrogen (secondary N) is 2. The molecule has 0 spiro atoms. The fourth-order valence-electron chi connectivity index (χ4n) is 1.54. The molecule has 1 amide bonds. The van der Waals surface area contributed by atoms with Gasteiger partial charge in [0.15, 0.2) is 0 Å². The summed E-state index contributed by atoms with van der Waals surface area (Å²) in [4.78, 5) is 10.0. The second-order valence-corrected chi connectivity index (χ2v) is 4.01. The van der Waals surface area contributed by atoms with Gasteiger partial charge in [-0.2, -0.15) is 13.2 Å². The first-order valence-electron chi connectivity index (χ1n) is 5.12. The average molecular weight is 240 g/mol. The highest BCUT2D eigenvalue weighted by Gasteiger charge is 2.62. The van der Waals surface area contributed by atoms with Gasteiger partial charge in [-0.1, -0.05) is 0 Å². The highest BCUT2D eigenvalue weighted by molar-refractivity contribution is 5.64. The molecule has 0 aromatic carbocycles. The summed E-state index contributed by atoms with van der Waals surface area (Å²) >= 11 is 0. The van der Waals surface area contributed by atoms with Crippen LogP contribution in [0, 0.1) is 5.41 Å². The van der Waals surface area contributed by atoms with Crippen LogP contribution in [-0.2, 0) is 0 Å². The van der Waals surface area contributed by atoms with E-state index in [-0.39, 0.29) is 32.4 Å². The van der Waals surface area contributed by atoms with Gasteiger partial charge in [-0.3, -0.25) is 0 Å². The third kappa shape index (κ3) is 3.55. The monoisotopic (exact) mass is 240 g/mol. The van der Waals surface area contributed by atoms with Gasteiger partial charge in [0.1, 0.15) is 0 Å². The van der Waals surface area contributed by atoms with E-state index in [4.69, 9.17) is 5.11 Å². The highest BCUT2D eigenvalue weighted by atomic mass is 19.4. The van der Waals surface area contributed by atoms with Gasteiger partial charge in [-0.15, -0.1) is 0 Å². The largest absolute Gasteiger partial charge is 0.465 e. The molecule has 0 radical (unpaired) electrons. The first-order valence-corrected chi connectivity index (χ1v) is 5.12. The molecule has 94 valence electrons. The van der Waals surface area contributed by atoms with Gasteiger partial charge in [0.25, 0.3) is 0 Å². The fraction of sp³-hybridized carbons (Fsp3) is 0.889. The smallest absolute Gasteiger partial charge is 0.404 e. The number of halogens is 3. The van der Waals surface area contributed by atoms with Crippen molar-refractivity contribution in [3.05, 3.63) is 0 Å². The molecule has 4 nitrogen and oxygen atoms in total. The molecular formula is C9H15F3N2O2. The lowest BCUT2D eigenvalue weighted by atomic mass is 10.0. The first-order chi connectivity index (χ1) is 7.37. The Kier molecular flexibility index (Phi) is 4.01. The molecule has 0 heterocycles. The summed E-state index contributed by atoms with van der Waals surface area (Å²) in [6, 6.07) is 0. The van der Waals surface area contributed by atoms with Crippen LogP contribution in [0.4, 0.5) is 18.0 Å². The standard InChI is InChI=1S/C9H15F3N2O2/c10-9(11,12)8(1-2-8)3-4-13-5-6-14-7(15)16/h13-14H,1-6H2,(H,15,16). The number of carboxylic acid groups (broad SMARTS) is 1. The number of amides is 1. The Labute approximate surface area is 91.2 Å². The maximum absolute atomic E-state index is 12.5. The molecular weight excluding hydrogens is 225 g/mol. The molecule has 1 rings (SSSR count). The SMILES string of the molecule is O=C(O)NCCNCCC1(C(F)(F)F)CC1. The molecule has 1 fully saturated rings. The lowest BCUT2D eigenvalue weighted by molar-refractivity contribution is -0.188. The molecule has 1 aliphatic carbocycles. The summed E-state index contributed by atoms with van der Waals surface area (Å²) in [5.41, 5.74) is -1.47. The number of hydrogen-bond acceptors (Lipinski definition) is 2. The van der Waals surface area contributed by atoms with Crippen molar-refractivity contribution < 1.29 is 23.1 Å². The molecule has 0 saturated heterocycles. The molecule has 0 aliphatic heterocycles. The van der Waals surface area contributed by atoms with E-state index in [1.54, 1.807) is 0 Å². The minimum atomic E-state index is -4.10. The van der Waals surface area contributed by atoms with Gasteiger partial charge in [0, 0.05) is 13.1 Å². The summed E-state index contributed by atoms with van der Waals surface area (Å²) in [6.45, 7) is 0.815.